The largest absolute Gasteiger partial charge is 0.444 e. The first-order valence-corrected chi connectivity index (χ1v) is 14.6. The zero-order valence-corrected chi connectivity index (χ0v) is 25.5. The SMILES string of the molecule is CC(C)(C)OC(=O)N1C(CC(=O)Nc2ccccc2N)CCCC1CC(=O)Nc1c(Cl)ncnc1NCc1ncccc1F. The molecule has 3 aromatic rings. The van der Waals surface area contributed by atoms with Crippen LogP contribution in [0.15, 0.2) is 48.9 Å². The summed E-state index contributed by atoms with van der Waals surface area (Å²) in [5.41, 5.74) is 6.34. The number of likely N-dealkylation sites (tertiary alicyclic amines) is 1. The quantitative estimate of drug-likeness (QED) is 0.180. The maximum absolute atomic E-state index is 14.1. The standard InChI is InChI=1S/C30H36ClFN8O4/c1-30(2,3)44-29(43)40-18(14-24(41)38-22-12-5-4-11-21(22)33)8-6-9-19(40)15-25(42)39-26-27(31)36-17-37-28(26)35-16-23-20(32)10-7-13-34-23/h4-5,7,10-13,17-19H,6,8-9,14-16,33H2,1-3H3,(H,38,41)(H,39,42)(H,35,36,37). The minimum Gasteiger partial charge on any atom is -0.444 e. The number of hydrogen-bond donors (Lipinski definition) is 4. The van der Waals surface area contributed by atoms with Gasteiger partial charge < -0.3 is 31.3 Å². The van der Waals surface area contributed by atoms with Crippen molar-refractivity contribution in [3.8, 4) is 0 Å². The molecule has 3 heterocycles. The van der Waals surface area contributed by atoms with Gasteiger partial charge in [-0.05, 0) is 64.3 Å². The molecule has 0 spiro atoms. The summed E-state index contributed by atoms with van der Waals surface area (Å²) < 4.78 is 19.8. The van der Waals surface area contributed by atoms with Crippen LogP contribution in [-0.4, -0.2) is 55.4 Å². The fourth-order valence-corrected chi connectivity index (χ4v) is 5.11. The first-order chi connectivity index (χ1) is 20.9. The number of amides is 3. The molecule has 44 heavy (non-hydrogen) atoms. The molecule has 234 valence electrons. The number of carbonyl (C=O) groups excluding carboxylic acids is 3. The van der Waals surface area contributed by atoms with E-state index in [0.29, 0.717) is 30.6 Å². The van der Waals surface area contributed by atoms with E-state index in [4.69, 9.17) is 22.1 Å². The van der Waals surface area contributed by atoms with Gasteiger partial charge in [0.1, 0.15) is 23.4 Å². The molecule has 5 N–H and O–H groups in total. The number of hydrogen-bond acceptors (Lipinski definition) is 9. The van der Waals surface area contributed by atoms with Gasteiger partial charge >= 0.3 is 6.09 Å². The summed E-state index contributed by atoms with van der Waals surface area (Å²) in [6.07, 6.45) is 3.67. The number of aromatic nitrogens is 3. The van der Waals surface area contributed by atoms with Crippen molar-refractivity contribution >= 4 is 52.4 Å². The topological polar surface area (TPSA) is 164 Å². The van der Waals surface area contributed by atoms with Crippen molar-refractivity contribution in [2.75, 3.05) is 21.7 Å². The van der Waals surface area contributed by atoms with Crippen LogP contribution >= 0.6 is 11.6 Å². The van der Waals surface area contributed by atoms with Crippen molar-refractivity contribution < 1.29 is 23.5 Å². The Morgan fingerprint density at radius 2 is 1.70 bits per heavy atom. The number of nitrogens with one attached hydrogen (secondary N) is 3. The lowest BCUT2D eigenvalue weighted by Crippen LogP contribution is -2.53. The van der Waals surface area contributed by atoms with Crippen LogP contribution in [0, 0.1) is 5.82 Å². The lowest BCUT2D eigenvalue weighted by molar-refractivity contribution is -0.118. The van der Waals surface area contributed by atoms with E-state index in [1.807, 2.05) is 0 Å². The first-order valence-electron chi connectivity index (χ1n) is 14.2. The Balaban J connectivity index is 1.49. The average Bonchev–Trinajstić information content (AvgIpc) is 2.94. The third-order valence-electron chi connectivity index (χ3n) is 6.87. The lowest BCUT2D eigenvalue weighted by Gasteiger charge is -2.42. The highest BCUT2D eigenvalue weighted by Crippen LogP contribution is 2.32. The third kappa shape index (κ3) is 8.75. The lowest BCUT2D eigenvalue weighted by atomic mass is 9.91. The smallest absolute Gasteiger partial charge is 0.410 e. The van der Waals surface area contributed by atoms with Crippen molar-refractivity contribution in [3.63, 3.8) is 0 Å². The Kier molecular flexibility index (Phi) is 10.5. The second-order valence-corrected chi connectivity index (χ2v) is 11.7. The van der Waals surface area contributed by atoms with Crippen molar-refractivity contribution in [2.45, 2.75) is 77.1 Å². The number of rotatable bonds is 9. The number of piperidine rings is 1. The summed E-state index contributed by atoms with van der Waals surface area (Å²) in [7, 11) is 0. The van der Waals surface area contributed by atoms with Gasteiger partial charge in [0.15, 0.2) is 11.0 Å². The molecule has 0 saturated carbocycles. The van der Waals surface area contributed by atoms with Crippen LogP contribution in [-0.2, 0) is 20.9 Å². The van der Waals surface area contributed by atoms with Crippen molar-refractivity contribution in [3.05, 3.63) is 65.6 Å². The summed E-state index contributed by atoms with van der Waals surface area (Å²) in [4.78, 5) is 53.5. The van der Waals surface area contributed by atoms with Gasteiger partial charge in [-0.1, -0.05) is 23.7 Å². The molecule has 14 heteroatoms. The third-order valence-corrected chi connectivity index (χ3v) is 7.15. The molecule has 1 aliphatic rings. The molecule has 3 amide bonds. The second kappa shape index (κ2) is 14.3. The number of halogens is 2. The molecular formula is C30H36ClFN8O4. The fourth-order valence-electron chi connectivity index (χ4n) is 4.93. The van der Waals surface area contributed by atoms with E-state index in [9.17, 15) is 18.8 Å². The number of benzene rings is 1. The Labute approximate surface area is 259 Å². The number of para-hydroxylation sites is 2. The highest BCUT2D eigenvalue weighted by molar-refractivity contribution is 6.33. The van der Waals surface area contributed by atoms with Crippen molar-refractivity contribution in [1.29, 1.82) is 0 Å². The van der Waals surface area contributed by atoms with Crippen molar-refractivity contribution in [1.82, 2.24) is 19.9 Å². The highest BCUT2D eigenvalue weighted by atomic mass is 35.5. The van der Waals surface area contributed by atoms with Gasteiger partial charge in [0.2, 0.25) is 11.8 Å². The Morgan fingerprint density at radius 3 is 2.36 bits per heavy atom. The van der Waals surface area contributed by atoms with Crippen LogP contribution < -0.4 is 21.7 Å². The molecule has 2 atom stereocenters. The molecule has 2 unspecified atom stereocenters. The van der Waals surface area contributed by atoms with E-state index in [1.165, 1.54) is 29.6 Å². The molecule has 0 aliphatic carbocycles. The number of nitrogen functional groups attached to an aromatic ring is 1. The van der Waals surface area contributed by atoms with Gasteiger partial charge in [0.25, 0.3) is 0 Å². The van der Waals surface area contributed by atoms with E-state index in [1.54, 1.807) is 45.0 Å². The van der Waals surface area contributed by atoms with Crippen LogP contribution in [0.2, 0.25) is 5.15 Å². The summed E-state index contributed by atoms with van der Waals surface area (Å²) in [6, 6.07) is 8.58. The summed E-state index contributed by atoms with van der Waals surface area (Å²) >= 11 is 6.31. The number of nitrogens with two attached hydrogens (primary N) is 1. The van der Waals surface area contributed by atoms with Gasteiger partial charge in [-0.25, -0.2) is 19.2 Å². The molecule has 2 aromatic heterocycles. The fraction of sp³-hybridized carbons (Fsp3) is 0.400. The summed E-state index contributed by atoms with van der Waals surface area (Å²) in [5, 5.41) is 8.45. The first kappa shape index (κ1) is 32.4. The summed E-state index contributed by atoms with van der Waals surface area (Å²) in [5.74, 6) is -1.11. The monoisotopic (exact) mass is 626 g/mol. The Morgan fingerprint density at radius 1 is 1.02 bits per heavy atom. The average molecular weight is 627 g/mol. The van der Waals surface area contributed by atoms with Gasteiger partial charge in [0, 0.05) is 31.1 Å². The van der Waals surface area contributed by atoms with E-state index >= 15 is 0 Å². The molecular weight excluding hydrogens is 591 g/mol. The van der Waals surface area contributed by atoms with E-state index in [0.717, 1.165) is 0 Å². The molecule has 1 saturated heterocycles. The molecule has 0 radical (unpaired) electrons. The number of ether oxygens (including phenoxy) is 1. The number of anilines is 4. The molecule has 1 aliphatic heterocycles. The minimum absolute atomic E-state index is 0.0117. The van der Waals surface area contributed by atoms with E-state index < -0.39 is 35.5 Å². The van der Waals surface area contributed by atoms with Gasteiger partial charge in [-0.15, -0.1) is 0 Å². The van der Waals surface area contributed by atoms with Crippen LogP contribution in [0.3, 0.4) is 0 Å². The number of pyridine rings is 1. The number of carbonyl (C=O) groups is 3. The molecule has 12 nitrogen and oxygen atoms in total. The van der Waals surface area contributed by atoms with Gasteiger partial charge in [-0.2, -0.15) is 0 Å². The predicted octanol–water partition coefficient (Wildman–Crippen LogP) is 5.37. The Hall–Kier alpha value is -4.52. The molecule has 1 aromatic carbocycles. The van der Waals surface area contributed by atoms with E-state index in [2.05, 4.69) is 30.9 Å². The van der Waals surface area contributed by atoms with Gasteiger partial charge in [-0.3, -0.25) is 14.6 Å². The van der Waals surface area contributed by atoms with Crippen LogP contribution in [0.25, 0.3) is 0 Å². The molecule has 1 fully saturated rings. The molecule has 0 bridgehead atoms. The predicted molar refractivity (Wildman–Crippen MR) is 165 cm³/mol. The summed E-state index contributed by atoms with van der Waals surface area (Å²) in [6.45, 7) is 5.23. The Bertz CT molecular complexity index is 1500. The second-order valence-electron chi connectivity index (χ2n) is 11.4. The van der Waals surface area contributed by atoms with Crippen LogP contribution in [0.5, 0.6) is 0 Å². The maximum atomic E-state index is 14.1. The van der Waals surface area contributed by atoms with Crippen molar-refractivity contribution in [2.24, 2.45) is 0 Å². The zero-order chi connectivity index (χ0) is 31.9. The van der Waals surface area contributed by atoms with Gasteiger partial charge in [0.05, 0.1) is 23.6 Å². The highest BCUT2D eigenvalue weighted by Gasteiger charge is 2.39. The molecule has 4 rings (SSSR count). The van der Waals surface area contributed by atoms with Crippen LogP contribution in [0.4, 0.5) is 32.1 Å². The van der Waals surface area contributed by atoms with E-state index in [-0.39, 0.29) is 47.6 Å². The zero-order valence-electron chi connectivity index (χ0n) is 24.8. The number of nitrogens with zero attached hydrogens (tertiary/aromatic N) is 4. The minimum atomic E-state index is -0.796. The van der Waals surface area contributed by atoms with Crippen LogP contribution in [0.1, 0.15) is 58.6 Å². The maximum Gasteiger partial charge on any atom is 0.410 e. The normalized spacial score (nSPS) is 16.6.